The van der Waals surface area contributed by atoms with Crippen LogP contribution in [0.5, 0.6) is 0 Å². The van der Waals surface area contributed by atoms with Crippen molar-refractivity contribution in [2.75, 3.05) is 0 Å². The average Bonchev–Trinajstić information content (AvgIpc) is 1.61. The first kappa shape index (κ1) is 49.0. The Kier molecular flexibility index (Phi) is 10.5. The molecule has 414 valence electrons. The fourth-order valence-electron chi connectivity index (χ4n) is 14.4. The van der Waals surface area contributed by atoms with E-state index in [1.54, 1.807) is 0 Å². The first-order valence-corrected chi connectivity index (χ1v) is 30.0. The number of rotatable bonds is 8. The van der Waals surface area contributed by atoms with Gasteiger partial charge in [0.25, 0.3) is 0 Å². The van der Waals surface area contributed by atoms with E-state index in [9.17, 15) is 0 Å². The van der Waals surface area contributed by atoms with Crippen LogP contribution in [0.1, 0.15) is 0 Å². The van der Waals surface area contributed by atoms with Crippen molar-refractivity contribution in [2.24, 2.45) is 0 Å². The Hall–Kier alpha value is -12.3. The smallest absolute Gasteiger partial charge is 0.168 e. The molecule has 0 unspecified atom stereocenters. The van der Waals surface area contributed by atoms with Crippen LogP contribution in [0.3, 0.4) is 0 Å². The van der Waals surface area contributed by atoms with Crippen molar-refractivity contribution in [1.29, 1.82) is 0 Å². The highest BCUT2D eigenvalue weighted by Crippen LogP contribution is 2.54. The zero-order chi connectivity index (χ0) is 58.3. The molecule has 19 aromatic rings. The number of pyridine rings is 2. The third-order valence-corrected chi connectivity index (χ3v) is 18.0. The number of nitrogens with zero attached hydrogens (tertiary/aromatic N) is 10. The van der Waals surface area contributed by atoms with Crippen LogP contribution >= 0.6 is 0 Å². The Labute approximate surface area is 508 Å². The van der Waals surface area contributed by atoms with Gasteiger partial charge >= 0.3 is 0 Å². The summed E-state index contributed by atoms with van der Waals surface area (Å²) in [6, 6.07) is 99.9. The summed E-state index contributed by atoms with van der Waals surface area (Å²) in [6.45, 7) is 0. The van der Waals surface area contributed by atoms with Crippen LogP contribution in [0.25, 0.3) is 172 Å². The molecule has 89 heavy (non-hydrogen) atoms. The molecule has 0 saturated carbocycles. The molecule has 8 heterocycles. The highest BCUT2D eigenvalue weighted by molar-refractivity contribution is 6.18. The van der Waals surface area contributed by atoms with Crippen molar-refractivity contribution in [3.05, 3.63) is 291 Å². The lowest BCUT2D eigenvalue weighted by Gasteiger charge is -2.31. The van der Waals surface area contributed by atoms with Gasteiger partial charge in [0.1, 0.15) is 11.0 Å². The Morgan fingerprint density at radius 2 is 0.416 bits per heavy atom. The minimum absolute atomic E-state index is 0.479. The zero-order valence-corrected chi connectivity index (χ0v) is 47.7. The summed E-state index contributed by atoms with van der Waals surface area (Å²) < 4.78 is 12.5. The summed E-state index contributed by atoms with van der Waals surface area (Å²) in [5.41, 5.74) is 18.2. The van der Waals surface area contributed by atoms with Crippen molar-refractivity contribution >= 4 is 109 Å². The maximum atomic E-state index is 5.95. The molecule has 0 saturated heterocycles. The van der Waals surface area contributed by atoms with Gasteiger partial charge in [-0.1, -0.05) is 206 Å². The summed E-state index contributed by atoms with van der Waals surface area (Å²) in [7, 11) is 0. The van der Waals surface area contributed by atoms with Gasteiger partial charge in [-0.3, -0.25) is 9.97 Å². The van der Waals surface area contributed by atoms with Crippen LogP contribution in [0.15, 0.2) is 291 Å². The first-order chi connectivity index (χ1) is 44.2. The quantitative estimate of drug-likeness (QED) is 0.151. The number of aromatic nitrogens is 10. The molecule has 0 aliphatic heterocycles. The number of fused-ring (bicyclic) bond motifs is 15. The molecule has 10 nitrogen and oxygen atoms in total. The third kappa shape index (κ3) is 7.05. The van der Waals surface area contributed by atoms with Crippen LogP contribution in [0, 0.1) is 0 Å². The van der Waals surface area contributed by atoms with Gasteiger partial charge in [0, 0.05) is 66.6 Å². The molecule has 0 amide bonds. The second-order valence-corrected chi connectivity index (χ2v) is 22.7. The molecule has 0 aliphatic carbocycles. The Morgan fingerprint density at radius 3 is 0.719 bits per heavy atom. The second-order valence-electron chi connectivity index (χ2n) is 22.7. The van der Waals surface area contributed by atoms with Crippen LogP contribution in [0.4, 0.5) is 0 Å². The summed E-state index contributed by atoms with van der Waals surface area (Å²) in [5.74, 6) is 1.56. The molecule has 10 heteroatoms. The van der Waals surface area contributed by atoms with E-state index in [4.69, 9.17) is 24.9 Å². The molecular weight excluding hydrogens is 1090 g/mol. The molecule has 0 radical (unpaired) electrons. The van der Waals surface area contributed by atoms with E-state index in [2.05, 4.69) is 290 Å². The van der Waals surface area contributed by atoms with Crippen molar-refractivity contribution in [3.63, 3.8) is 0 Å². The van der Waals surface area contributed by atoms with E-state index >= 15 is 0 Å². The molecular formula is C79H48N10. The van der Waals surface area contributed by atoms with Crippen LogP contribution in [0.2, 0.25) is 0 Å². The minimum Gasteiger partial charge on any atom is -0.306 e. The molecule has 19 rings (SSSR count). The standard InChI is InChI=1S/C79H48N10/c1-3-25-49(26-4-1)77-82-78(50-27-5-2-6-28-50)84-79(83-77)69-72(85-59-37-15-7-29-51(59)52-30-8-16-38-60(52)85)74(87-63-41-19-11-33-55(63)56-34-12-20-42-64(56)87)76(89-67-45-23-47-80-70(67)71-68(89)46-24-48-81-71)75(88-65-43-21-13-35-57(65)58-36-14-22-44-66(58)88)73(69)86-61-39-17-9-31-53(61)54-32-10-18-40-62(54)86/h1-48H. The van der Waals surface area contributed by atoms with Gasteiger partial charge in [-0.2, -0.15) is 0 Å². The van der Waals surface area contributed by atoms with Crippen molar-refractivity contribution in [3.8, 4) is 62.6 Å². The van der Waals surface area contributed by atoms with E-state index in [0.29, 0.717) is 17.5 Å². The SMILES string of the molecule is c1ccc(-c2nc(-c3ccccc3)nc(-c3c(-n4c5ccccc5c5ccccc54)c(-n4c5ccccc5c5ccccc54)c(-n4c5cccnc5c5ncccc54)c(-n4c5ccccc5c5ccccc54)c3-n3c4ccccc4c4ccccc43)n2)cc1. The van der Waals surface area contributed by atoms with E-state index in [0.717, 1.165) is 154 Å². The van der Waals surface area contributed by atoms with Crippen LogP contribution < -0.4 is 0 Å². The fraction of sp³-hybridized carbons (Fsp3) is 0. The first-order valence-electron chi connectivity index (χ1n) is 30.0. The van der Waals surface area contributed by atoms with Gasteiger partial charge in [-0.25, -0.2) is 15.0 Å². The predicted octanol–water partition coefficient (Wildman–Crippen LogP) is 19.1. The molecule has 0 bridgehead atoms. The highest BCUT2D eigenvalue weighted by Gasteiger charge is 2.38. The molecule has 0 aliphatic rings. The lowest BCUT2D eigenvalue weighted by molar-refractivity contribution is 0.988. The summed E-state index contributed by atoms with van der Waals surface area (Å²) in [4.78, 5) is 27.9. The Bertz CT molecular complexity index is 5550. The lowest BCUT2D eigenvalue weighted by Crippen LogP contribution is -2.19. The maximum absolute atomic E-state index is 5.95. The number of benzene rings is 11. The number of para-hydroxylation sites is 8. The summed E-state index contributed by atoms with van der Waals surface area (Å²) in [6.07, 6.45) is 3.77. The molecule has 0 fully saturated rings. The largest absolute Gasteiger partial charge is 0.306 e. The van der Waals surface area contributed by atoms with Gasteiger partial charge in [0.15, 0.2) is 17.5 Å². The third-order valence-electron chi connectivity index (χ3n) is 18.0. The van der Waals surface area contributed by atoms with E-state index in [-0.39, 0.29) is 0 Å². The number of hydrogen-bond donors (Lipinski definition) is 0. The van der Waals surface area contributed by atoms with Crippen molar-refractivity contribution in [2.45, 2.75) is 0 Å². The highest BCUT2D eigenvalue weighted by atomic mass is 15.2. The van der Waals surface area contributed by atoms with Crippen molar-refractivity contribution < 1.29 is 0 Å². The van der Waals surface area contributed by atoms with Gasteiger partial charge in [-0.15, -0.1) is 0 Å². The topological polar surface area (TPSA) is 89.1 Å². The minimum atomic E-state index is 0.479. The predicted molar refractivity (Wildman–Crippen MR) is 363 cm³/mol. The van der Waals surface area contributed by atoms with Crippen LogP contribution in [-0.2, 0) is 0 Å². The lowest BCUT2D eigenvalue weighted by atomic mass is 9.99. The molecule has 8 aromatic heterocycles. The van der Waals surface area contributed by atoms with Gasteiger partial charge in [0.05, 0.1) is 89.2 Å². The van der Waals surface area contributed by atoms with E-state index in [1.807, 2.05) is 24.5 Å². The van der Waals surface area contributed by atoms with Gasteiger partial charge in [0.2, 0.25) is 0 Å². The zero-order valence-electron chi connectivity index (χ0n) is 47.7. The van der Waals surface area contributed by atoms with E-state index < -0.39 is 0 Å². The summed E-state index contributed by atoms with van der Waals surface area (Å²) in [5, 5.41) is 8.84. The fourth-order valence-corrected chi connectivity index (χ4v) is 14.4. The molecule has 0 N–H and O–H groups in total. The monoisotopic (exact) mass is 1140 g/mol. The molecule has 11 aromatic carbocycles. The van der Waals surface area contributed by atoms with Crippen molar-refractivity contribution in [1.82, 2.24) is 47.8 Å². The Morgan fingerprint density at radius 1 is 0.191 bits per heavy atom. The van der Waals surface area contributed by atoms with Gasteiger partial charge < -0.3 is 22.8 Å². The molecule has 0 spiro atoms. The summed E-state index contributed by atoms with van der Waals surface area (Å²) >= 11 is 0. The number of hydrogen-bond acceptors (Lipinski definition) is 5. The van der Waals surface area contributed by atoms with Gasteiger partial charge in [-0.05, 0) is 72.8 Å². The molecule has 0 atom stereocenters. The van der Waals surface area contributed by atoms with Crippen LogP contribution in [-0.4, -0.2) is 47.8 Å². The maximum Gasteiger partial charge on any atom is 0.168 e. The normalized spacial score (nSPS) is 12.0. The van der Waals surface area contributed by atoms with E-state index in [1.165, 1.54) is 0 Å². The average molecular weight is 1140 g/mol. The Balaban J connectivity index is 1.22. The second kappa shape index (κ2) is 19.1.